The maximum absolute atomic E-state index is 11.5. The van der Waals surface area contributed by atoms with Gasteiger partial charge in [-0.15, -0.1) is 0 Å². The van der Waals surface area contributed by atoms with Crippen molar-refractivity contribution >= 4 is 5.97 Å². The second-order valence-corrected chi connectivity index (χ2v) is 4.43. The summed E-state index contributed by atoms with van der Waals surface area (Å²) in [6, 6.07) is 5.20. The van der Waals surface area contributed by atoms with Crippen LogP contribution in [-0.2, 0) is 6.42 Å². The highest BCUT2D eigenvalue weighted by atomic mass is 16.5. The van der Waals surface area contributed by atoms with Gasteiger partial charge in [0.25, 0.3) is 0 Å². The van der Waals surface area contributed by atoms with Gasteiger partial charge in [-0.2, -0.15) is 0 Å². The Balaban J connectivity index is 2.64. The first kappa shape index (κ1) is 14.9. The van der Waals surface area contributed by atoms with Crippen LogP contribution in [0, 0.1) is 0 Å². The van der Waals surface area contributed by atoms with E-state index in [9.17, 15) is 9.90 Å². The first-order valence-corrected chi connectivity index (χ1v) is 6.57. The first-order chi connectivity index (χ1) is 10.1. The number of carbonyl (C=O) groups is 1. The number of benzene rings is 1. The van der Waals surface area contributed by atoms with Crippen molar-refractivity contribution in [2.75, 3.05) is 14.2 Å². The van der Waals surface area contributed by atoms with Gasteiger partial charge < -0.3 is 19.1 Å². The minimum Gasteiger partial charge on any atom is -0.493 e. The molecule has 1 aromatic heterocycles. The third-order valence-corrected chi connectivity index (χ3v) is 3.11. The lowest BCUT2D eigenvalue weighted by Gasteiger charge is -2.11. The number of hydrogen-bond acceptors (Lipinski definition) is 5. The zero-order valence-corrected chi connectivity index (χ0v) is 12.2. The topological polar surface area (TPSA) is 81.8 Å². The predicted octanol–water partition coefficient (Wildman–Crippen LogP) is 3.01. The molecule has 0 fully saturated rings. The van der Waals surface area contributed by atoms with Gasteiger partial charge in [-0.1, -0.05) is 18.1 Å². The number of methoxy groups -OCH3 is 2. The van der Waals surface area contributed by atoms with Crippen LogP contribution < -0.4 is 9.47 Å². The largest absolute Gasteiger partial charge is 0.493 e. The lowest BCUT2D eigenvalue weighted by atomic mass is 10.0. The number of para-hydroxylation sites is 1. The van der Waals surface area contributed by atoms with E-state index in [1.807, 2.05) is 6.92 Å². The number of aromatic carboxylic acids is 1. The third kappa shape index (κ3) is 2.69. The molecule has 1 N–H and O–H groups in total. The van der Waals surface area contributed by atoms with Crippen molar-refractivity contribution in [3.8, 4) is 22.8 Å². The lowest BCUT2D eigenvalue weighted by Crippen LogP contribution is -2.02. The second kappa shape index (κ2) is 6.30. The fourth-order valence-electron chi connectivity index (χ4n) is 2.20. The molecule has 1 aromatic carbocycles. The average Bonchev–Trinajstić information content (AvgIpc) is 2.90. The summed E-state index contributed by atoms with van der Waals surface area (Å²) in [7, 11) is 3.01. The summed E-state index contributed by atoms with van der Waals surface area (Å²) in [6.07, 6.45) is 1.28. The number of aryl methyl sites for hydroxylation is 1. The monoisotopic (exact) mass is 291 g/mol. The maximum atomic E-state index is 11.5. The summed E-state index contributed by atoms with van der Waals surface area (Å²) in [4.78, 5) is 11.5. The maximum Gasteiger partial charge on any atom is 0.341 e. The van der Waals surface area contributed by atoms with Crippen molar-refractivity contribution in [3.05, 3.63) is 29.5 Å². The van der Waals surface area contributed by atoms with Crippen molar-refractivity contribution in [2.45, 2.75) is 19.8 Å². The van der Waals surface area contributed by atoms with Crippen LogP contribution in [0.3, 0.4) is 0 Å². The van der Waals surface area contributed by atoms with Gasteiger partial charge in [0.05, 0.1) is 19.8 Å². The van der Waals surface area contributed by atoms with E-state index < -0.39 is 5.97 Å². The Morgan fingerprint density at radius 2 is 2.10 bits per heavy atom. The summed E-state index contributed by atoms with van der Waals surface area (Å²) < 4.78 is 15.7. The summed E-state index contributed by atoms with van der Waals surface area (Å²) >= 11 is 0. The van der Waals surface area contributed by atoms with Crippen molar-refractivity contribution < 1.29 is 23.9 Å². The fourth-order valence-corrected chi connectivity index (χ4v) is 2.20. The van der Waals surface area contributed by atoms with Gasteiger partial charge in [0, 0.05) is 6.42 Å². The molecule has 112 valence electrons. The summed E-state index contributed by atoms with van der Waals surface area (Å²) in [6.45, 7) is 1.94. The first-order valence-electron chi connectivity index (χ1n) is 6.57. The van der Waals surface area contributed by atoms with E-state index >= 15 is 0 Å². The molecule has 0 radical (unpaired) electrons. The van der Waals surface area contributed by atoms with Crippen LogP contribution in [0.1, 0.15) is 29.5 Å². The molecule has 0 aliphatic carbocycles. The van der Waals surface area contributed by atoms with Gasteiger partial charge in [-0.25, -0.2) is 4.79 Å². The molecule has 0 amide bonds. The number of nitrogens with zero attached hydrogens (tertiary/aromatic N) is 1. The van der Waals surface area contributed by atoms with Crippen LogP contribution in [0.4, 0.5) is 0 Å². The van der Waals surface area contributed by atoms with Crippen molar-refractivity contribution in [3.63, 3.8) is 0 Å². The van der Waals surface area contributed by atoms with E-state index in [4.69, 9.17) is 14.0 Å². The van der Waals surface area contributed by atoms with E-state index in [1.54, 1.807) is 18.2 Å². The molecule has 0 saturated carbocycles. The fraction of sp³-hybridized carbons (Fsp3) is 0.333. The number of hydrogen-bond donors (Lipinski definition) is 1. The van der Waals surface area contributed by atoms with Gasteiger partial charge in [-0.05, 0) is 18.6 Å². The Morgan fingerprint density at radius 3 is 2.67 bits per heavy atom. The van der Waals surface area contributed by atoms with Crippen molar-refractivity contribution in [1.29, 1.82) is 0 Å². The number of aromatic nitrogens is 1. The Kier molecular flexibility index (Phi) is 4.47. The Hall–Kier alpha value is -2.50. The van der Waals surface area contributed by atoms with Crippen LogP contribution >= 0.6 is 0 Å². The van der Waals surface area contributed by atoms with E-state index in [0.29, 0.717) is 29.2 Å². The molecule has 2 rings (SSSR count). The molecular weight excluding hydrogens is 274 g/mol. The molecule has 0 aliphatic rings. The zero-order chi connectivity index (χ0) is 15.4. The van der Waals surface area contributed by atoms with Gasteiger partial charge in [0.1, 0.15) is 11.3 Å². The summed E-state index contributed by atoms with van der Waals surface area (Å²) in [5.41, 5.74) is 0.852. The Morgan fingerprint density at radius 1 is 1.33 bits per heavy atom. The molecule has 6 heteroatoms. The van der Waals surface area contributed by atoms with Crippen LogP contribution in [-0.4, -0.2) is 30.5 Å². The standard InChI is InChI=1S/C15H17NO5/c1-4-6-10-12(15(17)18)13(16-21-10)9-7-5-8-11(19-2)14(9)20-3/h5,7-8H,4,6H2,1-3H3,(H,17,18). The highest BCUT2D eigenvalue weighted by Crippen LogP contribution is 2.39. The highest BCUT2D eigenvalue weighted by Gasteiger charge is 2.26. The van der Waals surface area contributed by atoms with Crippen LogP contribution in [0.5, 0.6) is 11.5 Å². The van der Waals surface area contributed by atoms with Gasteiger partial charge in [0.2, 0.25) is 0 Å². The highest BCUT2D eigenvalue weighted by molar-refractivity contribution is 5.97. The zero-order valence-electron chi connectivity index (χ0n) is 12.2. The van der Waals surface area contributed by atoms with Crippen LogP contribution in [0.25, 0.3) is 11.3 Å². The number of rotatable bonds is 6. The molecule has 1 heterocycles. The molecule has 0 unspecified atom stereocenters. The number of carboxylic acids is 1. The van der Waals surface area contributed by atoms with Gasteiger partial charge >= 0.3 is 5.97 Å². The predicted molar refractivity (Wildman–Crippen MR) is 76.0 cm³/mol. The Labute approximate surface area is 122 Å². The second-order valence-electron chi connectivity index (χ2n) is 4.43. The van der Waals surface area contributed by atoms with Crippen molar-refractivity contribution in [1.82, 2.24) is 5.16 Å². The van der Waals surface area contributed by atoms with E-state index in [2.05, 4.69) is 5.16 Å². The van der Waals surface area contributed by atoms with E-state index in [-0.39, 0.29) is 11.3 Å². The molecular formula is C15H17NO5. The average molecular weight is 291 g/mol. The molecule has 2 aromatic rings. The minimum absolute atomic E-state index is 0.0726. The smallest absolute Gasteiger partial charge is 0.341 e. The summed E-state index contributed by atoms with van der Waals surface area (Å²) in [5.74, 6) is 0.231. The molecule has 0 aliphatic heterocycles. The molecule has 0 spiro atoms. The van der Waals surface area contributed by atoms with E-state index in [0.717, 1.165) is 6.42 Å². The summed E-state index contributed by atoms with van der Waals surface area (Å²) in [5, 5.41) is 13.4. The molecule has 0 saturated heterocycles. The van der Waals surface area contributed by atoms with Crippen molar-refractivity contribution in [2.24, 2.45) is 0 Å². The van der Waals surface area contributed by atoms with E-state index in [1.165, 1.54) is 14.2 Å². The molecule has 6 nitrogen and oxygen atoms in total. The third-order valence-electron chi connectivity index (χ3n) is 3.11. The quantitative estimate of drug-likeness (QED) is 0.881. The van der Waals surface area contributed by atoms with Gasteiger partial charge in [-0.3, -0.25) is 0 Å². The van der Waals surface area contributed by atoms with Crippen LogP contribution in [0.15, 0.2) is 22.7 Å². The Bertz CT molecular complexity index is 648. The molecule has 0 bridgehead atoms. The molecule has 0 atom stereocenters. The number of ether oxygens (including phenoxy) is 2. The minimum atomic E-state index is -1.07. The SMILES string of the molecule is CCCc1onc(-c2cccc(OC)c2OC)c1C(=O)O. The van der Waals surface area contributed by atoms with Gasteiger partial charge in [0.15, 0.2) is 17.3 Å². The number of carboxylic acid groups (broad SMARTS) is 1. The lowest BCUT2D eigenvalue weighted by molar-refractivity contribution is 0.0695. The normalized spacial score (nSPS) is 10.4. The van der Waals surface area contributed by atoms with Crippen LogP contribution in [0.2, 0.25) is 0 Å². The molecule has 21 heavy (non-hydrogen) atoms.